The van der Waals surface area contributed by atoms with Crippen molar-refractivity contribution in [2.24, 2.45) is 0 Å². The van der Waals surface area contributed by atoms with Crippen LogP contribution in [-0.2, 0) is 28.5 Å². The Hall–Kier alpha value is -0.690. The van der Waals surface area contributed by atoms with Crippen LogP contribution in [0.1, 0.15) is 27.2 Å². The SMILES string of the molecule is CCOC(=O)[C@H]1CC2OC(C)(C)OC2C(OC)O1. The third kappa shape index (κ3) is 2.66. The minimum Gasteiger partial charge on any atom is -0.464 e. The molecule has 2 aliphatic heterocycles. The number of esters is 1. The van der Waals surface area contributed by atoms with E-state index in [1.807, 2.05) is 13.8 Å². The minimum atomic E-state index is -0.682. The van der Waals surface area contributed by atoms with Gasteiger partial charge in [-0.05, 0) is 20.8 Å². The molecule has 2 rings (SSSR count). The first-order valence-corrected chi connectivity index (χ1v) is 6.17. The van der Waals surface area contributed by atoms with E-state index in [1.165, 1.54) is 7.11 Å². The Morgan fingerprint density at radius 2 is 2.11 bits per heavy atom. The molecule has 104 valence electrons. The van der Waals surface area contributed by atoms with Gasteiger partial charge in [-0.3, -0.25) is 0 Å². The maximum Gasteiger partial charge on any atom is 0.335 e. The maximum atomic E-state index is 11.7. The largest absolute Gasteiger partial charge is 0.464 e. The summed E-state index contributed by atoms with van der Waals surface area (Å²) in [6.07, 6.45) is -1.37. The first-order chi connectivity index (χ1) is 8.46. The predicted molar refractivity (Wildman–Crippen MR) is 60.7 cm³/mol. The second-order valence-corrected chi connectivity index (χ2v) is 4.86. The standard InChI is InChI=1S/C12H20O6/c1-5-15-10(13)8-6-7-9(11(14-4)16-8)18-12(2,3)17-7/h7-9,11H,5-6H2,1-4H3/t7?,8-,9?,11?/m1/s1. The lowest BCUT2D eigenvalue weighted by Gasteiger charge is -2.34. The summed E-state index contributed by atoms with van der Waals surface area (Å²) >= 11 is 0. The van der Waals surface area contributed by atoms with Crippen LogP contribution >= 0.6 is 0 Å². The second-order valence-electron chi connectivity index (χ2n) is 4.86. The molecule has 0 N–H and O–H groups in total. The van der Waals surface area contributed by atoms with E-state index in [0.717, 1.165) is 0 Å². The van der Waals surface area contributed by atoms with E-state index in [0.29, 0.717) is 13.0 Å². The van der Waals surface area contributed by atoms with Crippen LogP contribution in [0.15, 0.2) is 0 Å². The molecule has 6 nitrogen and oxygen atoms in total. The summed E-state index contributed by atoms with van der Waals surface area (Å²) in [5.41, 5.74) is 0. The Labute approximate surface area is 106 Å². The number of carbonyl (C=O) groups excluding carboxylic acids is 1. The van der Waals surface area contributed by atoms with E-state index >= 15 is 0 Å². The van der Waals surface area contributed by atoms with Gasteiger partial charge in [0, 0.05) is 13.5 Å². The summed E-state index contributed by atoms with van der Waals surface area (Å²) in [4.78, 5) is 11.7. The topological polar surface area (TPSA) is 63.2 Å². The van der Waals surface area contributed by atoms with Crippen LogP contribution in [0.5, 0.6) is 0 Å². The van der Waals surface area contributed by atoms with Gasteiger partial charge in [-0.2, -0.15) is 0 Å². The highest BCUT2D eigenvalue weighted by atomic mass is 16.8. The van der Waals surface area contributed by atoms with E-state index < -0.39 is 18.2 Å². The fourth-order valence-electron chi connectivity index (χ4n) is 2.36. The number of carbonyl (C=O) groups is 1. The van der Waals surface area contributed by atoms with Crippen LogP contribution in [0.4, 0.5) is 0 Å². The van der Waals surface area contributed by atoms with Crippen LogP contribution < -0.4 is 0 Å². The van der Waals surface area contributed by atoms with Gasteiger partial charge in [0.2, 0.25) is 0 Å². The zero-order chi connectivity index (χ0) is 13.3. The fraction of sp³-hybridized carbons (Fsp3) is 0.917. The maximum absolute atomic E-state index is 11.7. The highest BCUT2D eigenvalue weighted by Gasteiger charge is 2.52. The molecule has 2 aliphatic rings. The van der Waals surface area contributed by atoms with Crippen LogP contribution in [0.2, 0.25) is 0 Å². The average Bonchev–Trinajstić information content (AvgIpc) is 2.61. The number of fused-ring (bicyclic) bond motifs is 1. The van der Waals surface area contributed by atoms with E-state index in [9.17, 15) is 4.79 Å². The molecular formula is C12H20O6. The van der Waals surface area contributed by atoms with Crippen molar-refractivity contribution in [2.75, 3.05) is 13.7 Å². The zero-order valence-electron chi connectivity index (χ0n) is 11.2. The minimum absolute atomic E-state index is 0.215. The average molecular weight is 260 g/mol. The summed E-state index contributed by atoms with van der Waals surface area (Å²) in [6, 6.07) is 0. The molecule has 0 bridgehead atoms. The normalized spacial score (nSPS) is 38.2. The van der Waals surface area contributed by atoms with Crippen LogP contribution in [0.3, 0.4) is 0 Å². The lowest BCUT2D eigenvalue weighted by Crippen LogP contribution is -2.50. The molecule has 4 atom stereocenters. The molecule has 2 heterocycles. The van der Waals surface area contributed by atoms with E-state index in [-0.39, 0.29) is 18.2 Å². The van der Waals surface area contributed by atoms with Gasteiger partial charge in [0.25, 0.3) is 0 Å². The van der Waals surface area contributed by atoms with Gasteiger partial charge < -0.3 is 23.7 Å². The van der Waals surface area contributed by atoms with Crippen molar-refractivity contribution < 1.29 is 28.5 Å². The van der Waals surface area contributed by atoms with Crippen molar-refractivity contribution >= 4 is 5.97 Å². The molecule has 0 aromatic heterocycles. The molecule has 18 heavy (non-hydrogen) atoms. The molecule has 0 aromatic rings. The monoisotopic (exact) mass is 260 g/mol. The fourth-order valence-corrected chi connectivity index (χ4v) is 2.36. The predicted octanol–water partition coefficient (Wildman–Crippen LogP) is 0.831. The Morgan fingerprint density at radius 3 is 2.72 bits per heavy atom. The molecule has 0 saturated carbocycles. The molecule has 2 saturated heterocycles. The highest BCUT2D eigenvalue weighted by Crippen LogP contribution is 2.37. The first-order valence-electron chi connectivity index (χ1n) is 6.17. The summed E-state index contributed by atoms with van der Waals surface area (Å²) in [5.74, 6) is -1.06. The van der Waals surface area contributed by atoms with Gasteiger partial charge in [-0.25, -0.2) is 4.79 Å². The van der Waals surface area contributed by atoms with Crippen LogP contribution in [0, 0.1) is 0 Å². The number of rotatable bonds is 3. The van der Waals surface area contributed by atoms with Gasteiger partial charge >= 0.3 is 5.97 Å². The van der Waals surface area contributed by atoms with Gasteiger partial charge in [-0.1, -0.05) is 0 Å². The molecule has 0 aliphatic carbocycles. The third-order valence-corrected chi connectivity index (χ3v) is 3.02. The molecule has 0 radical (unpaired) electrons. The second kappa shape index (κ2) is 5.13. The number of hydrogen-bond acceptors (Lipinski definition) is 6. The highest BCUT2D eigenvalue weighted by molar-refractivity contribution is 5.74. The van der Waals surface area contributed by atoms with Gasteiger partial charge in [0.1, 0.15) is 6.10 Å². The molecule has 2 fully saturated rings. The summed E-state index contributed by atoms with van der Waals surface area (Å²) < 4.78 is 27.2. The molecule has 3 unspecified atom stereocenters. The Bertz CT molecular complexity index is 316. The van der Waals surface area contributed by atoms with Crippen molar-refractivity contribution in [3.63, 3.8) is 0 Å². The zero-order valence-corrected chi connectivity index (χ0v) is 11.2. The third-order valence-electron chi connectivity index (χ3n) is 3.02. The van der Waals surface area contributed by atoms with E-state index in [1.54, 1.807) is 6.92 Å². The summed E-state index contributed by atoms with van der Waals surface area (Å²) in [6.45, 7) is 5.75. The smallest absolute Gasteiger partial charge is 0.335 e. The van der Waals surface area contributed by atoms with Crippen molar-refractivity contribution in [1.29, 1.82) is 0 Å². The Morgan fingerprint density at radius 1 is 1.39 bits per heavy atom. The molecule has 0 aromatic carbocycles. The molecule has 6 heteroatoms. The quantitative estimate of drug-likeness (QED) is 0.700. The first kappa shape index (κ1) is 13.7. The molecule has 0 spiro atoms. The Balaban J connectivity index is 2.07. The van der Waals surface area contributed by atoms with Gasteiger partial charge in [0.05, 0.1) is 12.7 Å². The van der Waals surface area contributed by atoms with Gasteiger partial charge in [-0.15, -0.1) is 0 Å². The molecule has 0 amide bonds. The lowest BCUT2D eigenvalue weighted by atomic mass is 10.0. The molecular weight excluding hydrogens is 240 g/mol. The lowest BCUT2D eigenvalue weighted by molar-refractivity contribution is -0.244. The van der Waals surface area contributed by atoms with Crippen molar-refractivity contribution in [2.45, 2.75) is 57.6 Å². The van der Waals surface area contributed by atoms with Crippen molar-refractivity contribution in [3.8, 4) is 0 Å². The van der Waals surface area contributed by atoms with E-state index in [2.05, 4.69) is 0 Å². The van der Waals surface area contributed by atoms with Crippen molar-refractivity contribution in [3.05, 3.63) is 0 Å². The van der Waals surface area contributed by atoms with Crippen LogP contribution in [-0.4, -0.2) is 50.1 Å². The van der Waals surface area contributed by atoms with Crippen molar-refractivity contribution in [1.82, 2.24) is 0 Å². The number of hydrogen-bond donors (Lipinski definition) is 0. The summed E-state index contributed by atoms with van der Waals surface area (Å²) in [7, 11) is 1.52. The number of methoxy groups -OCH3 is 1. The Kier molecular flexibility index (Phi) is 3.91. The summed E-state index contributed by atoms with van der Waals surface area (Å²) in [5, 5.41) is 0. The van der Waals surface area contributed by atoms with Gasteiger partial charge in [0.15, 0.2) is 18.2 Å². The van der Waals surface area contributed by atoms with Crippen LogP contribution in [0.25, 0.3) is 0 Å². The number of ether oxygens (including phenoxy) is 5. The van der Waals surface area contributed by atoms with E-state index in [4.69, 9.17) is 23.7 Å².